The minimum absolute atomic E-state index is 0.0359. The molecule has 7 heteroatoms. The van der Waals surface area contributed by atoms with Gasteiger partial charge in [0.1, 0.15) is 5.82 Å². The molecule has 0 unspecified atom stereocenters. The van der Waals surface area contributed by atoms with Crippen LogP contribution in [0.25, 0.3) is 11.4 Å². The molecule has 118 valence electrons. The van der Waals surface area contributed by atoms with Crippen molar-refractivity contribution in [3.63, 3.8) is 0 Å². The molecule has 22 heavy (non-hydrogen) atoms. The van der Waals surface area contributed by atoms with Crippen LogP contribution in [-0.2, 0) is 11.3 Å². The highest BCUT2D eigenvalue weighted by Crippen LogP contribution is 2.18. The van der Waals surface area contributed by atoms with E-state index >= 15 is 0 Å². The van der Waals surface area contributed by atoms with E-state index in [-0.39, 0.29) is 35.9 Å². The van der Waals surface area contributed by atoms with Crippen molar-refractivity contribution in [2.24, 2.45) is 11.7 Å². The van der Waals surface area contributed by atoms with Crippen LogP contribution in [0.2, 0.25) is 0 Å². The van der Waals surface area contributed by atoms with Gasteiger partial charge in [0.15, 0.2) is 0 Å². The number of hydrogen-bond donors (Lipinski definition) is 2. The Balaban J connectivity index is 2.02. The normalized spacial score (nSPS) is 12.5. The number of rotatable bonds is 5. The van der Waals surface area contributed by atoms with Crippen molar-refractivity contribution in [2.45, 2.75) is 33.4 Å². The fraction of sp³-hybridized carbons (Fsp3) is 0.400. The van der Waals surface area contributed by atoms with E-state index in [0.29, 0.717) is 11.1 Å². The van der Waals surface area contributed by atoms with Crippen molar-refractivity contribution in [2.75, 3.05) is 0 Å². The second kappa shape index (κ2) is 6.65. The van der Waals surface area contributed by atoms with Gasteiger partial charge < -0.3 is 15.6 Å². The smallest absolute Gasteiger partial charge is 0.246 e. The van der Waals surface area contributed by atoms with Crippen LogP contribution in [0.1, 0.15) is 25.3 Å². The first-order valence-corrected chi connectivity index (χ1v) is 7.01. The fourth-order valence-electron chi connectivity index (χ4n) is 1.76. The van der Waals surface area contributed by atoms with Crippen molar-refractivity contribution < 1.29 is 13.7 Å². The molecular formula is C15H19FN4O2. The number of nitrogens with zero attached hydrogens (tertiary/aromatic N) is 2. The molecule has 0 saturated carbocycles. The number of nitrogens with one attached hydrogen (secondary N) is 1. The average Bonchev–Trinajstić information content (AvgIpc) is 2.95. The monoisotopic (exact) mass is 306 g/mol. The number of benzene rings is 1. The highest BCUT2D eigenvalue weighted by molar-refractivity contribution is 5.81. The molecule has 1 amide bonds. The van der Waals surface area contributed by atoms with Gasteiger partial charge in [0.25, 0.3) is 0 Å². The first-order chi connectivity index (χ1) is 10.4. The summed E-state index contributed by atoms with van der Waals surface area (Å²) in [6.07, 6.45) is 0. The van der Waals surface area contributed by atoms with E-state index in [2.05, 4.69) is 15.5 Å². The third-order valence-corrected chi connectivity index (χ3v) is 3.33. The summed E-state index contributed by atoms with van der Waals surface area (Å²) in [5, 5.41) is 6.41. The van der Waals surface area contributed by atoms with Crippen LogP contribution in [0, 0.1) is 18.7 Å². The lowest BCUT2D eigenvalue weighted by molar-refractivity contribution is -0.123. The van der Waals surface area contributed by atoms with Gasteiger partial charge in [0.05, 0.1) is 12.6 Å². The molecule has 0 aliphatic heterocycles. The molecule has 2 rings (SSSR count). The summed E-state index contributed by atoms with van der Waals surface area (Å²) in [6.45, 7) is 5.48. The van der Waals surface area contributed by atoms with Gasteiger partial charge in [0, 0.05) is 5.56 Å². The van der Waals surface area contributed by atoms with Gasteiger partial charge in [-0.2, -0.15) is 4.98 Å². The standard InChI is InChI=1S/C15H19FN4O2/c1-8(2)13(17)15(21)18-7-12-19-14(20-22-12)10-5-4-9(3)11(16)6-10/h4-6,8,13H,7,17H2,1-3H3,(H,18,21)/t13-/m0/s1. The minimum Gasteiger partial charge on any atom is -0.346 e. The Morgan fingerprint density at radius 1 is 1.45 bits per heavy atom. The Hall–Kier alpha value is -2.28. The SMILES string of the molecule is Cc1ccc(-c2noc(CNC(=O)[C@@H](N)C(C)C)n2)cc1F. The third kappa shape index (κ3) is 3.67. The first kappa shape index (κ1) is 16.1. The zero-order chi connectivity index (χ0) is 16.3. The van der Waals surface area contributed by atoms with Gasteiger partial charge in [-0.05, 0) is 24.5 Å². The highest BCUT2D eigenvalue weighted by atomic mass is 19.1. The summed E-state index contributed by atoms with van der Waals surface area (Å²) in [5.41, 5.74) is 6.79. The maximum Gasteiger partial charge on any atom is 0.246 e. The number of hydrogen-bond acceptors (Lipinski definition) is 5. The molecule has 0 bridgehead atoms. The van der Waals surface area contributed by atoms with Gasteiger partial charge in [-0.1, -0.05) is 31.1 Å². The summed E-state index contributed by atoms with van der Waals surface area (Å²) in [5.74, 6) is -0.0680. The van der Waals surface area contributed by atoms with Crippen LogP contribution >= 0.6 is 0 Å². The second-order valence-corrected chi connectivity index (χ2v) is 5.46. The number of carbonyl (C=O) groups is 1. The molecule has 0 spiro atoms. The summed E-state index contributed by atoms with van der Waals surface area (Å²) >= 11 is 0. The Labute approximate surface area is 127 Å². The van der Waals surface area contributed by atoms with Crippen LogP contribution in [0.3, 0.4) is 0 Å². The first-order valence-electron chi connectivity index (χ1n) is 7.01. The molecule has 0 aliphatic carbocycles. The predicted molar refractivity (Wildman–Crippen MR) is 79.1 cm³/mol. The molecule has 3 N–H and O–H groups in total. The number of amides is 1. The fourth-order valence-corrected chi connectivity index (χ4v) is 1.76. The molecular weight excluding hydrogens is 287 g/mol. The molecule has 6 nitrogen and oxygen atoms in total. The van der Waals surface area contributed by atoms with Gasteiger partial charge in [-0.15, -0.1) is 0 Å². The van der Waals surface area contributed by atoms with Crippen LogP contribution in [0.5, 0.6) is 0 Å². The molecule has 0 aliphatic rings. The molecule has 0 radical (unpaired) electrons. The number of aromatic nitrogens is 2. The maximum absolute atomic E-state index is 13.5. The van der Waals surface area contributed by atoms with E-state index in [4.69, 9.17) is 10.3 Å². The summed E-state index contributed by atoms with van der Waals surface area (Å²) < 4.78 is 18.6. The maximum atomic E-state index is 13.5. The second-order valence-electron chi connectivity index (χ2n) is 5.46. The number of carbonyl (C=O) groups excluding carboxylic acids is 1. The van der Waals surface area contributed by atoms with Crippen LogP contribution in [-0.4, -0.2) is 22.1 Å². The van der Waals surface area contributed by atoms with Crippen molar-refractivity contribution in [1.82, 2.24) is 15.5 Å². The van der Waals surface area contributed by atoms with Gasteiger partial charge >= 0.3 is 0 Å². The van der Waals surface area contributed by atoms with Crippen LogP contribution in [0.15, 0.2) is 22.7 Å². The highest BCUT2D eigenvalue weighted by Gasteiger charge is 2.18. The zero-order valence-corrected chi connectivity index (χ0v) is 12.8. The topological polar surface area (TPSA) is 94.0 Å². The molecule has 1 atom stereocenters. The summed E-state index contributed by atoms with van der Waals surface area (Å²) in [6, 6.07) is 4.11. The molecule has 1 aromatic heterocycles. The zero-order valence-electron chi connectivity index (χ0n) is 12.8. The molecule has 0 saturated heterocycles. The van der Waals surface area contributed by atoms with Crippen molar-refractivity contribution in [3.8, 4) is 11.4 Å². The Bertz CT molecular complexity index is 669. The minimum atomic E-state index is -0.589. The van der Waals surface area contributed by atoms with Crippen molar-refractivity contribution >= 4 is 5.91 Å². The number of aryl methyl sites for hydroxylation is 1. The summed E-state index contributed by atoms with van der Waals surface area (Å²) in [4.78, 5) is 15.9. The molecule has 1 aromatic carbocycles. The lowest BCUT2D eigenvalue weighted by Gasteiger charge is -2.14. The van der Waals surface area contributed by atoms with E-state index in [1.165, 1.54) is 6.07 Å². The Morgan fingerprint density at radius 2 is 2.18 bits per heavy atom. The van der Waals surface area contributed by atoms with E-state index in [1.54, 1.807) is 19.1 Å². The number of nitrogens with two attached hydrogens (primary N) is 1. The summed E-state index contributed by atoms with van der Waals surface area (Å²) in [7, 11) is 0. The third-order valence-electron chi connectivity index (χ3n) is 3.33. The quantitative estimate of drug-likeness (QED) is 0.878. The van der Waals surface area contributed by atoms with E-state index in [0.717, 1.165) is 0 Å². The molecule has 2 aromatic rings. The van der Waals surface area contributed by atoms with Gasteiger partial charge in [0.2, 0.25) is 17.6 Å². The predicted octanol–water partition coefficient (Wildman–Crippen LogP) is 1.78. The lowest BCUT2D eigenvalue weighted by atomic mass is 10.1. The van der Waals surface area contributed by atoms with Crippen molar-refractivity contribution in [3.05, 3.63) is 35.5 Å². The molecule has 0 fully saturated rings. The van der Waals surface area contributed by atoms with Gasteiger partial charge in [-0.3, -0.25) is 4.79 Å². The molecule has 1 heterocycles. The largest absolute Gasteiger partial charge is 0.346 e. The van der Waals surface area contributed by atoms with E-state index in [1.807, 2.05) is 13.8 Å². The van der Waals surface area contributed by atoms with Crippen LogP contribution < -0.4 is 11.1 Å². The Morgan fingerprint density at radius 3 is 2.82 bits per heavy atom. The average molecular weight is 306 g/mol. The number of halogens is 1. The van der Waals surface area contributed by atoms with E-state index in [9.17, 15) is 9.18 Å². The van der Waals surface area contributed by atoms with Crippen LogP contribution in [0.4, 0.5) is 4.39 Å². The Kier molecular flexibility index (Phi) is 4.87. The van der Waals surface area contributed by atoms with E-state index < -0.39 is 6.04 Å². The van der Waals surface area contributed by atoms with Gasteiger partial charge in [-0.25, -0.2) is 4.39 Å². The lowest BCUT2D eigenvalue weighted by Crippen LogP contribution is -2.43. The van der Waals surface area contributed by atoms with Crippen molar-refractivity contribution in [1.29, 1.82) is 0 Å².